The standard InChI is InChI=1S/C24BF20.C12H16BrO3S/c26-5-1(6(27)14(35)21(42)13(5)34)25(2-7(28)15(36)22(43)16(37)8(2)29,3-9(30)17(38)23(44)18(39)10(3)31)4-11(32)19(40)24(45)20(41)12(4)33;13-11-3-1-10(2-4-11)12(16)9-17(7-5-14)8-6-15/h;1-4,14-15H,5-9H2/q-1;+1. The van der Waals surface area contributed by atoms with E-state index in [2.05, 4.69) is 15.9 Å². The lowest BCUT2D eigenvalue weighted by molar-refractivity contribution is 0.102. The van der Waals surface area contributed by atoms with Gasteiger partial charge in [-0.15, -0.1) is 21.9 Å². The first-order valence-corrected chi connectivity index (χ1v) is 18.8. The molecule has 5 aromatic rings. The Morgan fingerprint density at radius 3 is 0.823 bits per heavy atom. The molecule has 62 heavy (non-hydrogen) atoms. The highest BCUT2D eigenvalue weighted by atomic mass is 79.9. The molecule has 0 saturated carbocycles. The molecule has 5 rings (SSSR count). The van der Waals surface area contributed by atoms with E-state index in [9.17, 15) is 57.5 Å². The minimum Gasteiger partial charge on any atom is -0.391 e. The average Bonchev–Trinajstić information content (AvgIpc) is 3.24. The van der Waals surface area contributed by atoms with E-state index in [4.69, 9.17) is 10.2 Å². The van der Waals surface area contributed by atoms with Crippen LogP contribution in [0.2, 0.25) is 0 Å². The van der Waals surface area contributed by atoms with Crippen LogP contribution in [-0.4, -0.2) is 52.6 Å². The summed E-state index contributed by atoms with van der Waals surface area (Å²) >= 11 is 3.32. The number of hydrogen-bond acceptors (Lipinski definition) is 3. The summed E-state index contributed by atoms with van der Waals surface area (Å²) in [6.07, 6.45) is -7.22. The molecule has 0 radical (unpaired) electrons. The topological polar surface area (TPSA) is 57.5 Å². The smallest absolute Gasteiger partial charge is 0.211 e. The minimum atomic E-state index is -7.22. The predicted octanol–water partition coefficient (Wildman–Crippen LogP) is 7.08. The molecule has 0 spiro atoms. The van der Waals surface area contributed by atoms with Crippen molar-refractivity contribution in [2.75, 3.05) is 30.5 Å². The molecule has 0 aliphatic carbocycles. The number of hydrogen-bond donors (Lipinski definition) is 2. The summed E-state index contributed by atoms with van der Waals surface area (Å²) in [6, 6.07) is 7.24. The van der Waals surface area contributed by atoms with Crippen LogP contribution in [0.1, 0.15) is 10.4 Å². The van der Waals surface area contributed by atoms with Gasteiger partial charge in [-0.2, -0.15) is 0 Å². The lowest BCUT2D eigenvalue weighted by Gasteiger charge is -2.44. The fourth-order valence-electron chi connectivity index (χ4n) is 6.28. The van der Waals surface area contributed by atoms with Crippen molar-refractivity contribution in [2.45, 2.75) is 0 Å². The van der Waals surface area contributed by atoms with Gasteiger partial charge in [-0.05, 0) is 12.1 Å². The summed E-state index contributed by atoms with van der Waals surface area (Å²) < 4.78 is 295. The molecule has 26 heteroatoms. The number of aliphatic hydroxyl groups excluding tert-OH is 2. The number of carbonyl (C=O) groups excluding carboxylic acids is 1. The van der Waals surface area contributed by atoms with Crippen molar-refractivity contribution in [2.24, 2.45) is 0 Å². The fourth-order valence-corrected chi connectivity index (χ4v) is 8.09. The Morgan fingerprint density at radius 2 is 0.613 bits per heavy atom. The van der Waals surface area contributed by atoms with E-state index in [0.29, 0.717) is 22.8 Å². The van der Waals surface area contributed by atoms with Gasteiger partial charge < -0.3 is 10.2 Å². The Hall–Kier alpha value is -4.82. The molecule has 0 bridgehead atoms. The molecule has 0 saturated heterocycles. The third kappa shape index (κ3) is 8.36. The maximum Gasteiger partial charge on any atom is 0.211 e. The van der Waals surface area contributed by atoms with Gasteiger partial charge in [-0.3, -0.25) is 4.79 Å². The minimum absolute atomic E-state index is 0.0662. The number of aliphatic hydroxyl groups is 2. The van der Waals surface area contributed by atoms with Gasteiger partial charge >= 0.3 is 0 Å². The van der Waals surface area contributed by atoms with Crippen molar-refractivity contribution in [3.8, 4) is 0 Å². The largest absolute Gasteiger partial charge is 0.391 e. The molecular formula is C36H16BBrF20O3S. The quantitative estimate of drug-likeness (QED) is 0.0372. The number of halogens is 21. The van der Waals surface area contributed by atoms with Crippen LogP contribution in [0.5, 0.6) is 0 Å². The summed E-state index contributed by atoms with van der Waals surface area (Å²) in [7, 11) is -0.222. The molecule has 0 amide bonds. The van der Waals surface area contributed by atoms with Crippen LogP contribution in [0.15, 0.2) is 28.7 Å². The maximum atomic E-state index is 15.4. The Kier molecular flexibility index (Phi) is 15.5. The highest BCUT2D eigenvalue weighted by Gasteiger charge is 2.52. The van der Waals surface area contributed by atoms with Crippen LogP contribution in [-0.2, 0) is 10.9 Å². The lowest BCUT2D eigenvalue weighted by Crippen LogP contribution is -2.81. The van der Waals surface area contributed by atoms with E-state index >= 15 is 35.1 Å². The third-order valence-electron chi connectivity index (χ3n) is 8.97. The summed E-state index contributed by atoms with van der Waals surface area (Å²) in [5.41, 5.74) is -13.6. The van der Waals surface area contributed by atoms with Crippen molar-refractivity contribution < 1.29 is 103 Å². The molecule has 0 aromatic heterocycles. The molecule has 0 aliphatic heterocycles. The Bertz CT molecular complexity index is 2190. The first-order chi connectivity index (χ1) is 28.9. The van der Waals surface area contributed by atoms with Crippen molar-refractivity contribution in [1.29, 1.82) is 0 Å². The molecule has 3 nitrogen and oxygen atoms in total. The molecule has 0 fully saturated rings. The summed E-state index contributed by atoms with van der Waals surface area (Å²) in [6.45, 7) is 0.132. The monoisotopic (exact) mass is 998 g/mol. The van der Waals surface area contributed by atoms with Crippen molar-refractivity contribution in [3.05, 3.63) is 151 Å². The number of carbonyl (C=O) groups is 1. The number of ketones is 1. The molecule has 0 heterocycles. The summed E-state index contributed by atoms with van der Waals surface area (Å²) in [5.74, 6) is -69.8. The van der Waals surface area contributed by atoms with E-state index in [1.165, 1.54) is 0 Å². The molecule has 334 valence electrons. The van der Waals surface area contributed by atoms with Gasteiger partial charge in [-0.25, -0.2) is 87.8 Å². The van der Waals surface area contributed by atoms with Gasteiger partial charge in [0.05, 0.1) is 13.2 Å². The fraction of sp³-hybridized carbons (Fsp3) is 0.139. The van der Waals surface area contributed by atoms with Gasteiger partial charge in [0.2, 0.25) is 5.78 Å². The zero-order valence-electron chi connectivity index (χ0n) is 29.6. The SMILES string of the molecule is Fc1c(F)c(F)c([B-](c2c(F)c(F)c(F)c(F)c2F)(c2c(F)c(F)c(F)c(F)c2F)c2c(F)c(F)c(F)c(F)c2F)c(F)c1F.O=C(C[S+](CCO)CCO)c1ccc(Br)cc1. The van der Waals surface area contributed by atoms with Crippen LogP contribution in [0.25, 0.3) is 0 Å². The molecule has 0 unspecified atom stereocenters. The van der Waals surface area contributed by atoms with Crippen molar-refractivity contribution >= 4 is 60.6 Å². The predicted molar refractivity (Wildman–Crippen MR) is 184 cm³/mol. The average molecular weight is 999 g/mol. The van der Waals surface area contributed by atoms with Crippen LogP contribution < -0.4 is 21.9 Å². The molecule has 0 atom stereocenters. The van der Waals surface area contributed by atoms with Crippen molar-refractivity contribution in [1.82, 2.24) is 0 Å². The second-order valence-corrected chi connectivity index (χ2v) is 15.6. The molecule has 2 N–H and O–H groups in total. The second-order valence-electron chi connectivity index (χ2n) is 12.3. The maximum absolute atomic E-state index is 15.4. The van der Waals surface area contributed by atoms with Gasteiger partial charge in [0, 0.05) is 20.9 Å². The number of Topliss-reactive ketones (excluding diaryl/α,β-unsaturated/α-hetero) is 1. The van der Waals surface area contributed by atoms with Gasteiger partial charge in [0.25, 0.3) is 0 Å². The summed E-state index contributed by atoms with van der Waals surface area (Å²) in [5, 5.41) is 17.8. The van der Waals surface area contributed by atoms with E-state index in [1.54, 1.807) is 12.1 Å². The number of benzene rings is 5. The first-order valence-electron chi connectivity index (χ1n) is 16.3. The van der Waals surface area contributed by atoms with Gasteiger partial charge in [0.1, 0.15) is 64.2 Å². The van der Waals surface area contributed by atoms with Crippen LogP contribution in [0, 0.1) is 116 Å². The van der Waals surface area contributed by atoms with Gasteiger partial charge in [0.15, 0.2) is 75.6 Å². The highest BCUT2D eigenvalue weighted by molar-refractivity contribution is 9.10. The van der Waals surface area contributed by atoms with E-state index in [0.717, 1.165) is 4.47 Å². The van der Waals surface area contributed by atoms with Gasteiger partial charge in [-0.1, -0.05) is 28.1 Å². The summed E-state index contributed by atoms with van der Waals surface area (Å²) in [4.78, 5) is 11.9. The van der Waals surface area contributed by atoms with E-state index < -0.39 is 144 Å². The molecule has 5 aromatic carbocycles. The zero-order chi connectivity index (χ0) is 47.0. The third-order valence-corrected chi connectivity index (χ3v) is 11.7. The zero-order valence-corrected chi connectivity index (χ0v) is 32.0. The van der Waals surface area contributed by atoms with Crippen LogP contribution >= 0.6 is 15.9 Å². The Labute approximate surface area is 344 Å². The lowest BCUT2D eigenvalue weighted by atomic mass is 9.12. The number of rotatable bonds is 11. The van der Waals surface area contributed by atoms with Crippen LogP contribution in [0.3, 0.4) is 0 Å². The van der Waals surface area contributed by atoms with Crippen LogP contribution in [0.4, 0.5) is 87.8 Å². The second kappa shape index (κ2) is 19.3. The van der Waals surface area contributed by atoms with Crippen molar-refractivity contribution in [3.63, 3.8) is 0 Å². The molecule has 0 aliphatic rings. The Morgan fingerprint density at radius 1 is 0.403 bits per heavy atom. The first kappa shape index (κ1) is 49.8. The normalized spacial score (nSPS) is 11.7. The van der Waals surface area contributed by atoms with E-state index in [1.807, 2.05) is 12.1 Å². The highest BCUT2D eigenvalue weighted by Crippen LogP contribution is 2.31. The Balaban J connectivity index is 0.000000416. The molecular weight excluding hydrogens is 983 g/mol. The van der Waals surface area contributed by atoms with E-state index in [-0.39, 0.29) is 29.9 Å².